The van der Waals surface area contributed by atoms with Crippen molar-refractivity contribution in [1.29, 1.82) is 0 Å². The van der Waals surface area contributed by atoms with Crippen LogP contribution >= 0.6 is 11.6 Å². The van der Waals surface area contributed by atoms with Crippen LogP contribution in [0.4, 0.5) is 0 Å². The van der Waals surface area contributed by atoms with Crippen molar-refractivity contribution in [3.63, 3.8) is 0 Å². The minimum absolute atomic E-state index is 0.0643. The van der Waals surface area contributed by atoms with Gasteiger partial charge in [-0.25, -0.2) is 4.79 Å². The van der Waals surface area contributed by atoms with Crippen molar-refractivity contribution in [2.45, 2.75) is 19.8 Å². The fourth-order valence-corrected chi connectivity index (χ4v) is 2.57. The molecular weight excluding hydrogens is 310 g/mol. The largest absolute Gasteiger partial charge is 0.492 e. The van der Waals surface area contributed by atoms with Crippen LogP contribution in [0.25, 0.3) is 11.3 Å². The lowest BCUT2D eigenvalue weighted by molar-refractivity contribution is 0.0686. The number of aromatic nitrogens is 1. The molecule has 2 rings (SSSR count). The number of aromatic carboxylic acids is 1. The van der Waals surface area contributed by atoms with E-state index in [4.69, 9.17) is 30.7 Å². The lowest BCUT2D eigenvalue weighted by Gasteiger charge is -2.19. The molecule has 0 amide bonds. The van der Waals surface area contributed by atoms with E-state index < -0.39 is 5.97 Å². The van der Waals surface area contributed by atoms with E-state index in [0.717, 1.165) is 5.56 Å². The van der Waals surface area contributed by atoms with Gasteiger partial charge in [0.25, 0.3) is 0 Å². The maximum atomic E-state index is 11.0. The smallest absolute Gasteiger partial charge is 0.358 e. The molecular formula is C15H16ClNO5. The van der Waals surface area contributed by atoms with Crippen molar-refractivity contribution in [3.8, 4) is 22.8 Å². The van der Waals surface area contributed by atoms with Crippen LogP contribution < -0.4 is 9.47 Å². The molecule has 1 N–H and O–H groups in total. The number of carboxylic acids is 1. The molecule has 0 atom stereocenters. The van der Waals surface area contributed by atoms with Crippen molar-refractivity contribution in [1.82, 2.24) is 5.16 Å². The lowest BCUT2D eigenvalue weighted by atomic mass is 9.94. The normalized spacial score (nSPS) is 10.8. The van der Waals surface area contributed by atoms with Gasteiger partial charge in [0.2, 0.25) is 0 Å². The van der Waals surface area contributed by atoms with Gasteiger partial charge in [0.15, 0.2) is 23.0 Å². The van der Waals surface area contributed by atoms with Gasteiger partial charge in [-0.05, 0) is 12.0 Å². The molecule has 0 spiro atoms. The SMILES string of the molecule is COc1c(Cl)cc(-c2cc(C(=O)O)no2)c(C(C)C)c1OC. The van der Waals surface area contributed by atoms with E-state index in [9.17, 15) is 4.79 Å². The molecule has 7 heteroatoms. The molecule has 0 bridgehead atoms. The first kappa shape index (κ1) is 16.2. The molecule has 6 nitrogen and oxygen atoms in total. The van der Waals surface area contributed by atoms with Crippen LogP contribution in [0.5, 0.6) is 11.5 Å². The van der Waals surface area contributed by atoms with Gasteiger partial charge < -0.3 is 19.1 Å². The first-order valence-electron chi connectivity index (χ1n) is 6.55. The van der Waals surface area contributed by atoms with Gasteiger partial charge in [0, 0.05) is 17.2 Å². The summed E-state index contributed by atoms with van der Waals surface area (Å²) in [6, 6.07) is 3.01. The second-order valence-corrected chi connectivity index (χ2v) is 5.33. The van der Waals surface area contributed by atoms with Crippen LogP contribution in [0.15, 0.2) is 16.7 Å². The number of carbonyl (C=O) groups is 1. The quantitative estimate of drug-likeness (QED) is 0.899. The molecule has 0 aliphatic heterocycles. The van der Waals surface area contributed by atoms with Gasteiger partial charge in [-0.15, -0.1) is 0 Å². The predicted molar refractivity (Wildman–Crippen MR) is 81.1 cm³/mol. The number of carboxylic acid groups (broad SMARTS) is 1. The summed E-state index contributed by atoms with van der Waals surface area (Å²) in [7, 11) is 3.03. The first-order chi connectivity index (χ1) is 10.4. The average molecular weight is 326 g/mol. The van der Waals surface area contributed by atoms with Gasteiger partial charge in [0.05, 0.1) is 19.2 Å². The number of halogens is 1. The van der Waals surface area contributed by atoms with E-state index in [0.29, 0.717) is 27.8 Å². The topological polar surface area (TPSA) is 81.8 Å². The molecule has 0 saturated carbocycles. The highest BCUT2D eigenvalue weighted by molar-refractivity contribution is 6.32. The average Bonchev–Trinajstić information content (AvgIpc) is 2.95. The van der Waals surface area contributed by atoms with Gasteiger partial charge >= 0.3 is 5.97 Å². The molecule has 0 aliphatic carbocycles. The van der Waals surface area contributed by atoms with Crippen LogP contribution in [-0.4, -0.2) is 30.5 Å². The summed E-state index contributed by atoms with van der Waals surface area (Å²) in [5, 5.41) is 12.8. The van der Waals surface area contributed by atoms with E-state index in [-0.39, 0.29) is 11.6 Å². The zero-order chi connectivity index (χ0) is 16.4. The minimum Gasteiger partial charge on any atom is -0.492 e. The lowest BCUT2D eigenvalue weighted by Crippen LogP contribution is -2.01. The number of rotatable bonds is 5. The van der Waals surface area contributed by atoms with Crippen LogP contribution in [0, 0.1) is 0 Å². The number of hydrogen-bond donors (Lipinski definition) is 1. The maximum Gasteiger partial charge on any atom is 0.358 e. The Balaban J connectivity index is 2.73. The molecule has 0 fully saturated rings. The number of ether oxygens (including phenoxy) is 2. The van der Waals surface area contributed by atoms with E-state index in [1.807, 2.05) is 13.8 Å². The highest BCUT2D eigenvalue weighted by Gasteiger charge is 2.24. The third kappa shape index (κ3) is 2.74. The van der Waals surface area contributed by atoms with E-state index in [2.05, 4.69) is 5.16 Å². The predicted octanol–water partition coefficient (Wildman–Crippen LogP) is 3.83. The second kappa shape index (κ2) is 6.27. The summed E-state index contributed by atoms with van der Waals surface area (Å²) in [6.07, 6.45) is 0. The fourth-order valence-electron chi connectivity index (χ4n) is 2.30. The summed E-state index contributed by atoms with van der Waals surface area (Å²) < 4.78 is 15.9. The molecule has 1 aromatic heterocycles. The van der Waals surface area contributed by atoms with Crippen LogP contribution in [-0.2, 0) is 0 Å². The summed E-state index contributed by atoms with van der Waals surface area (Å²) in [5.41, 5.74) is 1.25. The van der Waals surface area contributed by atoms with Gasteiger partial charge in [-0.3, -0.25) is 0 Å². The molecule has 22 heavy (non-hydrogen) atoms. The van der Waals surface area contributed by atoms with E-state index in [1.54, 1.807) is 6.07 Å². The third-order valence-corrected chi connectivity index (χ3v) is 3.49. The molecule has 2 aromatic rings. The molecule has 1 aromatic carbocycles. The number of hydrogen-bond acceptors (Lipinski definition) is 5. The van der Waals surface area contributed by atoms with Gasteiger partial charge in [-0.2, -0.15) is 0 Å². The Bertz CT molecular complexity index is 708. The van der Waals surface area contributed by atoms with Crippen molar-refractivity contribution in [2.75, 3.05) is 14.2 Å². The minimum atomic E-state index is -1.16. The Morgan fingerprint density at radius 2 is 1.91 bits per heavy atom. The highest BCUT2D eigenvalue weighted by atomic mass is 35.5. The van der Waals surface area contributed by atoms with Gasteiger partial charge in [0.1, 0.15) is 0 Å². The molecule has 1 heterocycles. The maximum absolute atomic E-state index is 11.0. The monoisotopic (exact) mass is 325 g/mol. The highest BCUT2D eigenvalue weighted by Crippen LogP contribution is 2.46. The Labute approximate surface area is 132 Å². The molecule has 0 aliphatic rings. The number of benzene rings is 1. The van der Waals surface area contributed by atoms with Crippen molar-refractivity contribution in [3.05, 3.63) is 28.4 Å². The summed E-state index contributed by atoms with van der Waals surface area (Å²) >= 11 is 6.23. The molecule has 0 saturated heterocycles. The number of methoxy groups -OCH3 is 2. The van der Waals surface area contributed by atoms with Gasteiger partial charge in [-0.1, -0.05) is 30.6 Å². The van der Waals surface area contributed by atoms with Crippen molar-refractivity contribution < 1.29 is 23.9 Å². The standard InChI is InChI=1S/C15H16ClNO5/c1-7(2)12-8(11-6-10(15(18)19)17-22-11)5-9(16)13(20-3)14(12)21-4/h5-7H,1-4H3,(H,18,19). The summed E-state index contributed by atoms with van der Waals surface area (Å²) in [6.45, 7) is 3.95. The third-order valence-electron chi connectivity index (χ3n) is 3.21. The molecule has 118 valence electrons. The molecule has 0 radical (unpaired) electrons. The Kier molecular flexibility index (Phi) is 4.61. The zero-order valence-corrected chi connectivity index (χ0v) is 13.4. The summed E-state index contributed by atoms with van der Waals surface area (Å²) in [5.74, 6) is 0.133. The van der Waals surface area contributed by atoms with Crippen LogP contribution in [0.2, 0.25) is 5.02 Å². The fraction of sp³-hybridized carbons (Fsp3) is 0.333. The zero-order valence-electron chi connectivity index (χ0n) is 12.6. The van der Waals surface area contributed by atoms with Crippen LogP contribution in [0.3, 0.4) is 0 Å². The second-order valence-electron chi connectivity index (χ2n) is 4.92. The van der Waals surface area contributed by atoms with Crippen molar-refractivity contribution in [2.24, 2.45) is 0 Å². The summed E-state index contributed by atoms with van der Waals surface area (Å²) in [4.78, 5) is 11.0. The van der Waals surface area contributed by atoms with Crippen molar-refractivity contribution >= 4 is 17.6 Å². The molecule has 0 unspecified atom stereocenters. The Morgan fingerprint density at radius 3 is 2.36 bits per heavy atom. The first-order valence-corrected chi connectivity index (χ1v) is 6.93. The Morgan fingerprint density at radius 1 is 1.27 bits per heavy atom. The number of nitrogens with zero attached hydrogens (tertiary/aromatic N) is 1. The van der Waals surface area contributed by atoms with Crippen LogP contribution in [0.1, 0.15) is 35.8 Å². The Hall–Kier alpha value is -2.21. The van der Waals surface area contributed by atoms with E-state index >= 15 is 0 Å². The van der Waals surface area contributed by atoms with E-state index in [1.165, 1.54) is 20.3 Å².